The van der Waals surface area contributed by atoms with Crippen molar-refractivity contribution in [2.24, 2.45) is 0 Å². The molecule has 0 aliphatic carbocycles. The van der Waals surface area contributed by atoms with Crippen molar-refractivity contribution in [3.05, 3.63) is 32.6 Å². The molecule has 0 saturated carbocycles. The van der Waals surface area contributed by atoms with Crippen LogP contribution in [0.1, 0.15) is 23.6 Å². The first kappa shape index (κ1) is 14.3. The van der Waals surface area contributed by atoms with E-state index in [2.05, 4.69) is 55.6 Å². The third-order valence-corrected chi connectivity index (χ3v) is 4.38. The topological polar surface area (TPSA) is 49.8 Å². The molecule has 2 aromatic heterocycles. The highest BCUT2D eigenvalue weighted by Gasteiger charge is 2.05. The number of hydrogen-bond acceptors (Lipinski definition) is 5. The normalized spacial score (nSPS) is 10.5. The first-order chi connectivity index (χ1) is 9.22. The molecule has 102 valence electrons. The molecule has 2 N–H and O–H groups in total. The zero-order valence-corrected chi connectivity index (χ0v) is 13.4. The number of aryl methyl sites for hydroxylation is 1. The monoisotopic (exact) mass is 340 g/mol. The van der Waals surface area contributed by atoms with Crippen molar-refractivity contribution in [2.45, 2.75) is 26.8 Å². The number of hydrogen-bond donors (Lipinski definition) is 2. The molecule has 0 spiro atoms. The van der Waals surface area contributed by atoms with Crippen molar-refractivity contribution < 1.29 is 0 Å². The van der Waals surface area contributed by atoms with Gasteiger partial charge in [-0.3, -0.25) is 0 Å². The second-order valence-corrected chi connectivity index (χ2v) is 6.10. The van der Waals surface area contributed by atoms with Gasteiger partial charge in [0.1, 0.15) is 5.82 Å². The Labute approximate surface area is 125 Å². The summed E-state index contributed by atoms with van der Waals surface area (Å²) in [5.74, 6) is 1.46. The zero-order valence-electron chi connectivity index (χ0n) is 11.0. The molecule has 0 saturated heterocycles. The van der Waals surface area contributed by atoms with E-state index >= 15 is 0 Å². The van der Waals surface area contributed by atoms with E-state index in [1.54, 1.807) is 6.20 Å². The van der Waals surface area contributed by atoms with Crippen LogP contribution in [-0.4, -0.2) is 16.5 Å². The maximum Gasteiger partial charge on any atom is 0.224 e. The lowest BCUT2D eigenvalue weighted by molar-refractivity contribution is 1.05. The van der Waals surface area contributed by atoms with E-state index in [0.717, 1.165) is 29.8 Å². The highest BCUT2D eigenvalue weighted by Crippen LogP contribution is 2.22. The third kappa shape index (κ3) is 3.91. The number of anilines is 2. The molecular weight excluding hydrogens is 324 g/mol. The van der Waals surface area contributed by atoms with Crippen LogP contribution in [0.3, 0.4) is 0 Å². The third-order valence-electron chi connectivity index (χ3n) is 2.57. The number of halogens is 1. The minimum absolute atomic E-state index is 0.647. The number of nitrogens with zero attached hydrogens (tertiary/aromatic N) is 2. The maximum absolute atomic E-state index is 4.43. The van der Waals surface area contributed by atoms with E-state index in [9.17, 15) is 0 Å². The molecule has 0 aliphatic heterocycles. The van der Waals surface area contributed by atoms with Gasteiger partial charge in [0.25, 0.3) is 0 Å². The Balaban J connectivity index is 2.03. The summed E-state index contributed by atoms with van der Waals surface area (Å²) in [6.07, 6.45) is 2.85. The molecule has 0 amide bonds. The molecule has 0 atom stereocenters. The quantitative estimate of drug-likeness (QED) is 0.836. The van der Waals surface area contributed by atoms with Gasteiger partial charge in [-0.1, -0.05) is 6.92 Å². The van der Waals surface area contributed by atoms with Crippen LogP contribution < -0.4 is 10.6 Å². The molecule has 0 fully saturated rings. The molecule has 0 aromatic carbocycles. The molecule has 0 aliphatic rings. The number of aromatic nitrogens is 2. The van der Waals surface area contributed by atoms with Gasteiger partial charge in [0.2, 0.25) is 5.95 Å². The summed E-state index contributed by atoms with van der Waals surface area (Å²) in [7, 11) is 0. The zero-order chi connectivity index (χ0) is 13.7. The van der Waals surface area contributed by atoms with Gasteiger partial charge in [-0.15, -0.1) is 11.3 Å². The Kier molecular flexibility index (Phi) is 5.15. The average molecular weight is 341 g/mol. The lowest BCUT2D eigenvalue weighted by Gasteiger charge is -2.08. The van der Waals surface area contributed by atoms with Crippen molar-refractivity contribution in [3.8, 4) is 0 Å². The van der Waals surface area contributed by atoms with Crippen LogP contribution in [0.25, 0.3) is 0 Å². The van der Waals surface area contributed by atoms with Crippen molar-refractivity contribution in [2.75, 3.05) is 17.2 Å². The van der Waals surface area contributed by atoms with Crippen LogP contribution in [0.2, 0.25) is 0 Å². The van der Waals surface area contributed by atoms with Crippen molar-refractivity contribution in [1.82, 2.24) is 9.97 Å². The van der Waals surface area contributed by atoms with Crippen LogP contribution in [-0.2, 0) is 13.0 Å². The molecule has 2 heterocycles. The van der Waals surface area contributed by atoms with Gasteiger partial charge in [-0.05, 0) is 41.4 Å². The minimum Gasteiger partial charge on any atom is -0.364 e. The highest BCUT2D eigenvalue weighted by atomic mass is 79.9. The summed E-state index contributed by atoms with van der Waals surface area (Å²) in [6, 6.07) is 4.34. The second-order valence-electron chi connectivity index (χ2n) is 4.00. The first-order valence-corrected chi connectivity index (χ1v) is 7.91. The molecule has 4 nitrogen and oxygen atoms in total. The fraction of sp³-hybridized carbons (Fsp3) is 0.385. The van der Waals surface area contributed by atoms with E-state index in [-0.39, 0.29) is 0 Å². The summed E-state index contributed by atoms with van der Waals surface area (Å²) < 4.78 is 0.876. The Morgan fingerprint density at radius 1 is 1.21 bits per heavy atom. The van der Waals surface area contributed by atoms with E-state index < -0.39 is 0 Å². The Morgan fingerprint density at radius 3 is 2.68 bits per heavy atom. The van der Waals surface area contributed by atoms with Gasteiger partial charge in [0.05, 0.1) is 11.0 Å². The number of rotatable bonds is 6. The second kappa shape index (κ2) is 6.86. The molecular formula is C13H17BrN4S. The molecule has 0 bridgehead atoms. The van der Waals surface area contributed by atoms with Crippen LogP contribution in [0.4, 0.5) is 11.8 Å². The Morgan fingerprint density at radius 2 is 2.00 bits per heavy atom. The largest absolute Gasteiger partial charge is 0.364 e. The molecule has 19 heavy (non-hydrogen) atoms. The van der Waals surface area contributed by atoms with Crippen molar-refractivity contribution in [3.63, 3.8) is 0 Å². The standard InChI is InChI=1S/C13H17BrN4S/c1-3-9-5-6-10(19-9)7-16-12-11(14)8-17-13(18-12)15-4-2/h5-6,8H,3-4,7H2,1-2H3,(H2,15,16,17,18). The SMILES string of the molecule is CCNc1ncc(Br)c(NCc2ccc(CC)s2)n1. The molecule has 6 heteroatoms. The van der Waals surface area contributed by atoms with Crippen molar-refractivity contribution in [1.29, 1.82) is 0 Å². The lowest BCUT2D eigenvalue weighted by Crippen LogP contribution is -2.06. The predicted octanol–water partition coefficient (Wildman–Crippen LogP) is 3.91. The van der Waals surface area contributed by atoms with E-state index in [1.165, 1.54) is 9.75 Å². The fourth-order valence-electron chi connectivity index (χ4n) is 1.61. The van der Waals surface area contributed by atoms with E-state index in [1.807, 2.05) is 18.3 Å². The average Bonchev–Trinajstić information content (AvgIpc) is 2.88. The van der Waals surface area contributed by atoms with Crippen molar-refractivity contribution >= 4 is 39.0 Å². The van der Waals surface area contributed by atoms with Crippen LogP contribution in [0.5, 0.6) is 0 Å². The van der Waals surface area contributed by atoms with E-state index in [0.29, 0.717) is 5.95 Å². The van der Waals surface area contributed by atoms with Gasteiger partial charge in [-0.25, -0.2) is 4.98 Å². The number of thiophene rings is 1. The Bertz CT molecular complexity index is 541. The fourth-order valence-corrected chi connectivity index (χ4v) is 2.84. The smallest absolute Gasteiger partial charge is 0.224 e. The van der Waals surface area contributed by atoms with Gasteiger partial charge in [0, 0.05) is 22.5 Å². The molecule has 2 rings (SSSR count). The summed E-state index contributed by atoms with van der Waals surface area (Å²) in [5, 5.41) is 6.44. The van der Waals surface area contributed by atoms with E-state index in [4.69, 9.17) is 0 Å². The molecule has 0 unspecified atom stereocenters. The van der Waals surface area contributed by atoms with Crippen LogP contribution in [0.15, 0.2) is 22.8 Å². The van der Waals surface area contributed by atoms with Gasteiger partial charge >= 0.3 is 0 Å². The van der Waals surface area contributed by atoms with Gasteiger partial charge in [0.15, 0.2) is 0 Å². The summed E-state index contributed by atoms with van der Waals surface area (Å²) in [5.41, 5.74) is 0. The predicted molar refractivity (Wildman–Crippen MR) is 84.9 cm³/mol. The molecule has 0 radical (unpaired) electrons. The Hall–Kier alpha value is -1.14. The lowest BCUT2D eigenvalue weighted by atomic mass is 10.3. The summed E-state index contributed by atoms with van der Waals surface area (Å²) >= 11 is 5.30. The van der Waals surface area contributed by atoms with Crippen LogP contribution in [0, 0.1) is 0 Å². The highest BCUT2D eigenvalue weighted by molar-refractivity contribution is 9.10. The maximum atomic E-state index is 4.43. The number of nitrogens with one attached hydrogen (secondary N) is 2. The summed E-state index contributed by atoms with van der Waals surface area (Å²) in [6.45, 7) is 5.79. The van der Waals surface area contributed by atoms with Gasteiger partial charge in [-0.2, -0.15) is 4.98 Å². The van der Waals surface area contributed by atoms with Gasteiger partial charge < -0.3 is 10.6 Å². The summed E-state index contributed by atoms with van der Waals surface area (Å²) in [4.78, 5) is 11.3. The molecule has 2 aromatic rings. The minimum atomic E-state index is 0.647. The van der Waals surface area contributed by atoms with Crippen LogP contribution >= 0.6 is 27.3 Å². The first-order valence-electron chi connectivity index (χ1n) is 6.30.